The Morgan fingerprint density at radius 3 is 2.67 bits per heavy atom. The molecule has 1 saturated carbocycles. The molecule has 1 amide bonds. The predicted octanol–water partition coefficient (Wildman–Crippen LogP) is 3.40. The van der Waals surface area contributed by atoms with Crippen molar-refractivity contribution in [3.8, 4) is 6.07 Å². The first-order valence-corrected chi connectivity index (χ1v) is 7.77. The molecule has 1 aromatic carbocycles. The van der Waals surface area contributed by atoms with Crippen LogP contribution < -0.4 is 5.32 Å². The minimum absolute atomic E-state index is 0.117. The third-order valence-electron chi connectivity index (χ3n) is 3.99. The van der Waals surface area contributed by atoms with Crippen LogP contribution in [-0.4, -0.2) is 10.9 Å². The number of pyridine rings is 1. The van der Waals surface area contributed by atoms with E-state index in [1.165, 1.54) is 18.3 Å². The predicted molar refractivity (Wildman–Crippen MR) is 87.8 cm³/mol. The van der Waals surface area contributed by atoms with Gasteiger partial charge >= 0.3 is 0 Å². The van der Waals surface area contributed by atoms with Crippen molar-refractivity contribution in [3.05, 3.63) is 71.3 Å². The minimum atomic E-state index is -0.708. The standard InChI is InChI=1S/C19H16FN3O/c20-18-15(7-4-10-22-18)11-16(12-21)19(24)23-17(14-8-9-14)13-5-2-1-3-6-13/h1-7,10-11,14,17H,8-9H2,(H,23,24)/b16-11+. The van der Waals surface area contributed by atoms with E-state index in [4.69, 9.17) is 0 Å². The van der Waals surface area contributed by atoms with Crippen molar-refractivity contribution in [1.29, 1.82) is 5.26 Å². The SMILES string of the molecule is N#C/C(=C\c1cccnc1F)C(=O)NC(c1ccccc1)C1CC1. The Labute approximate surface area is 139 Å². The van der Waals surface area contributed by atoms with E-state index in [1.54, 1.807) is 6.07 Å². The summed E-state index contributed by atoms with van der Waals surface area (Å²) < 4.78 is 13.6. The quantitative estimate of drug-likeness (QED) is 0.521. The molecule has 1 fully saturated rings. The summed E-state index contributed by atoms with van der Waals surface area (Å²) in [7, 11) is 0. The van der Waals surface area contributed by atoms with Gasteiger partial charge < -0.3 is 5.32 Å². The van der Waals surface area contributed by atoms with Crippen LogP contribution in [0.15, 0.2) is 54.2 Å². The number of amides is 1. The number of carbonyl (C=O) groups is 1. The summed E-state index contributed by atoms with van der Waals surface area (Å²) in [5.74, 6) is -0.826. The number of nitriles is 1. The second kappa shape index (κ2) is 7.05. The molecule has 1 atom stereocenters. The molecular formula is C19H16FN3O. The number of nitrogens with one attached hydrogen (secondary N) is 1. The molecule has 4 nitrogen and oxygen atoms in total. The second-order valence-corrected chi connectivity index (χ2v) is 5.75. The summed E-state index contributed by atoms with van der Waals surface area (Å²) in [4.78, 5) is 16.0. The number of rotatable bonds is 5. The molecule has 120 valence electrons. The first kappa shape index (κ1) is 15.9. The minimum Gasteiger partial charge on any atom is -0.344 e. The lowest BCUT2D eigenvalue weighted by Crippen LogP contribution is -2.30. The maximum absolute atomic E-state index is 13.6. The lowest BCUT2D eigenvalue weighted by molar-refractivity contribution is -0.117. The van der Waals surface area contributed by atoms with E-state index < -0.39 is 11.9 Å². The van der Waals surface area contributed by atoms with Crippen LogP contribution in [0, 0.1) is 23.2 Å². The van der Waals surface area contributed by atoms with Crippen LogP contribution in [0.3, 0.4) is 0 Å². The first-order valence-electron chi connectivity index (χ1n) is 7.77. The third-order valence-corrected chi connectivity index (χ3v) is 3.99. The molecule has 1 aromatic heterocycles. The van der Waals surface area contributed by atoms with Gasteiger partial charge in [0.2, 0.25) is 5.95 Å². The van der Waals surface area contributed by atoms with E-state index in [0.29, 0.717) is 5.92 Å². The van der Waals surface area contributed by atoms with Gasteiger partial charge in [0, 0.05) is 11.8 Å². The van der Waals surface area contributed by atoms with Gasteiger partial charge in [-0.1, -0.05) is 30.3 Å². The molecule has 0 aliphatic heterocycles. The van der Waals surface area contributed by atoms with Gasteiger partial charge in [0.15, 0.2) is 0 Å². The fraction of sp³-hybridized carbons (Fsp3) is 0.211. The number of hydrogen-bond acceptors (Lipinski definition) is 3. The van der Waals surface area contributed by atoms with E-state index in [-0.39, 0.29) is 17.2 Å². The summed E-state index contributed by atoms with van der Waals surface area (Å²) in [5.41, 5.74) is 0.994. The molecule has 24 heavy (non-hydrogen) atoms. The monoisotopic (exact) mass is 321 g/mol. The molecule has 0 bridgehead atoms. The molecule has 1 heterocycles. The van der Waals surface area contributed by atoms with E-state index in [0.717, 1.165) is 18.4 Å². The lowest BCUT2D eigenvalue weighted by atomic mass is 10.0. The third kappa shape index (κ3) is 3.66. The Morgan fingerprint density at radius 2 is 2.04 bits per heavy atom. The number of aromatic nitrogens is 1. The van der Waals surface area contributed by atoms with Crippen LogP contribution in [0.5, 0.6) is 0 Å². The van der Waals surface area contributed by atoms with Crippen molar-refractivity contribution in [3.63, 3.8) is 0 Å². The molecule has 1 N–H and O–H groups in total. The number of halogens is 1. The molecule has 5 heteroatoms. The summed E-state index contributed by atoms with van der Waals surface area (Å²) in [6.45, 7) is 0. The van der Waals surface area contributed by atoms with E-state index >= 15 is 0 Å². The van der Waals surface area contributed by atoms with E-state index in [2.05, 4.69) is 10.3 Å². The van der Waals surface area contributed by atoms with E-state index in [1.807, 2.05) is 36.4 Å². The van der Waals surface area contributed by atoms with Crippen molar-refractivity contribution < 1.29 is 9.18 Å². The van der Waals surface area contributed by atoms with Gasteiger partial charge in [-0.05, 0) is 42.5 Å². The van der Waals surface area contributed by atoms with Gasteiger partial charge in [-0.3, -0.25) is 4.79 Å². The lowest BCUT2D eigenvalue weighted by Gasteiger charge is -2.18. The Kier molecular flexibility index (Phi) is 4.66. The normalized spacial score (nSPS) is 15.4. The second-order valence-electron chi connectivity index (χ2n) is 5.75. The largest absolute Gasteiger partial charge is 0.344 e. The Balaban J connectivity index is 1.82. The van der Waals surface area contributed by atoms with Crippen LogP contribution in [0.25, 0.3) is 6.08 Å². The zero-order chi connectivity index (χ0) is 16.9. The van der Waals surface area contributed by atoms with Gasteiger partial charge in [0.1, 0.15) is 11.6 Å². The molecular weight excluding hydrogens is 305 g/mol. The van der Waals surface area contributed by atoms with Crippen molar-refractivity contribution in [2.45, 2.75) is 18.9 Å². The van der Waals surface area contributed by atoms with Crippen LogP contribution >= 0.6 is 0 Å². The molecule has 1 aliphatic rings. The summed E-state index contributed by atoms with van der Waals surface area (Å²) >= 11 is 0. The van der Waals surface area contributed by atoms with Crippen LogP contribution in [0.1, 0.15) is 30.0 Å². The smallest absolute Gasteiger partial charge is 0.262 e. The van der Waals surface area contributed by atoms with E-state index in [9.17, 15) is 14.4 Å². The summed E-state index contributed by atoms with van der Waals surface area (Å²) in [6, 6.07) is 14.4. The average Bonchev–Trinajstić information content (AvgIpc) is 3.44. The molecule has 1 unspecified atom stereocenters. The van der Waals surface area contributed by atoms with Gasteiger partial charge in [0.25, 0.3) is 5.91 Å². The zero-order valence-corrected chi connectivity index (χ0v) is 12.9. The van der Waals surface area contributed by atoms with Crippen LogP contribution in [0.4, 0.5) is 4.39 Å². The van der Waals surface area contributed by atoms with Crippen molar-refractivity contribution in [2.24, 2.45) is 5.92 Å². The number of benzene rings is 1. The average molecular weight is 321 g/mol. The number of carbonyl (C=O) groups excluding carboxylic acids is 1. The zero-order valence-electron chi connectivity index (χ0n) is 12.9. The van der Waals surface area contributed by atoms with Crippen molar-refractivity contribution >= 4 is 12.0 Å². The van der Waals surface area contributed by atoms with Crippen molar-refractivity contribution in [1.82, 2.24) is 10.3 Å². The summed E-state index contributed by atoms with van der Waals surface area (Å²) in [5, 5.41) is 12.2. The fourth-order valence-electron chi connectivity index (χ4n) is 2.59. The molecule has 2 aromatic rings. The number of hydrogen-bond donors (Lipinski definition) is 1. The van der Waals surface area contributed by atoms with Gasteiger partial charge in [-0.2, -0.15) is 9.65 Å². The Morgan fingerprint density at radius 1 is 1.29 bits per heavy atom. The highest BCUT2D eigenvalue weighted by molar-refractivity contribution is 6.01. The maximum Gasteiger partial charge on any atom is 0.262 e. The topological polar surface area (TPSA) is 65.8 Å². The molecule has 0 spiro atoms. The highest BCUT2D eigenvalue weighted by atomic mass is 19.1. The molecule has 1 aliphatic carbocycles. The Bertz CT molecular complexity index is 807. The highest BCUT2D eigenvalue weighted by Gasteiger charge is 2.33. The van der Waals surface area contributed by atoms with Gasteiger partial charge in [0.05, 0.1) is 6.04 Å². The molecule has 3 rings (SSSR count). The first-order chi connectivity index (χ1) is 11.7. The Hall–Kier alpha value is -3.00. The molecule has 0 radical (unpaired) electrons. The van der Waals surface area contributed by atoms with Gasteiger partial charge in [-0.15, -0.1) is 0 Å². The fourth-order valence-corrected chi connectivity index (χ4v) is 2.59. The van der Waals surface area contributed by atoms with Crippen LogP contribution in [0.2, 0.25) is 0 Å². The van der Waals surface area contributed by atoms with Crippen LogP contribution in [-0.2, 0) is 4.79 Å². The van der Waals surface area contributed by atoms with Gasteiger partial charge in [-0.25, -0.2) is 4.98 Å². The molecule has 0 saturated heterocycles. The highest BCUT2D eigenvalue weighted by Crippen LogP contribution is 2.41. The number of nitrogens with zero attached hydrogens (tertiary/aromatic N) is 2. The maximum atomic E-state index is 13.6. The van der Waals surface area contributed by atoms with Crippen molar-refractivity contribution in [2.75, 3.05) is 0 Å². The summed E-state index contributed by atoms with van der Waals surface area (Å²) in [6.07, 6.45) is 4.63.